The molecule has 5 nitrogen and oxygen atoms in total. The number of fused-ring (bicyclic) bond motifs is 1. The zero-order valence-corrected chi connectivity index (χ0v) is 10.2. The maximum atomic E-state index is 12.0. The standard InChI is InChI=1S/C11H13NO4S/c1-2-16-11(13)8-12-7-9-5-3-4-6-10(9)17(12,14)15/h3-6H,2,7-8H2,1H3. The molecule has 1 heterocycles. The van der Waals surface area contributed by atoms with Crippen molar-refractivity contribution in [1.29, 1.82) is 0 Å². The SMILES string of the molecule is CCOC(=O)CN1Cc2ccccc2S1(=O)=O. The van der Waals surface area contributed by atoms with Gasteiger partial charge in [-0.25, -0.2) is 8.42 Å². The van der Waals surface area contributed by atoms with Crippen LogP contribution in [-0.2, 0) is 26.1 Å². The van der Waals surface area contributed by atoms with Gasteiger partial charge in [-0.3, -0.25) is 4.79 Å². The summed E-state index contributed by atoms with van der Waals surface area (Å²) < 4.78 is 30.0. The maximum Gasteiger partial charge on any atom is 0.321 e. The predicted octanol–water partition coefficient (Wildman–Crippen LogP) is 0.754. The van der Waals surface area contributed by atoms with Gasteiger partial charge in [-0.1, -0.05) is 18.2 Å². The molecule has 1 aliphatic heterocycles. The van der Waals surface area contributed by atoms with E-state index in [-0.39, 0.29) is 24.6 Å². The first-order valence-corrected chi connectivity index (χ1v) is 6.73. The molecule has 0 spiro atoms. The number of carbonyl (C=O) groups is 1. The Kier molecular flexibility index (Phi) is 3.17. The van der Waals surface area contributed by atoms with E-state index in [1.807, 2.05) is 0 Å². The second kappa shape index (κ2) is 4.46. The molecule has 1 aromatic rings. The highest BCUT2D eigenvalue weighted by Crippen LogP contribution is 2.29. The molecule has 0 aromatic heterocycles. The molecule has 0 fully saturated rings. The lowest BCUT2D eigenvalue weighted by atomic mass is 10.2. The van der Waals surface area contributed by atoms with Crippen molar-refractivity contribution in [3.05, 3.63) is 29.8 Å². The number of sulfonamides is 1. The van der Waals surface area contributed by atoms with Crippen molar-refractivity contribution in [2.24, 2.45) is 0 Å². The summed E-state index contributed by atoms with van der Waals surface area (Å²) in [6.45, 7) is 1.94. The van der Waals surface area contributed by atoms with Crippen molar-refractivity contribution >= 4 is 16.0 Å². The van der Waals surface area contributed by atoms with Gasteiger partial charge in [0.05, 0.1) is 11.5 Å². The molecule has 92 valence electrons. The monoisotopic (exact) mass is 255 g/mol. The second-order valence-corrected chi connectivity index (χ2v) is 5.59. The Bertz CT molecular complexity index is 538. The van der Waals surface area contributed by atoms with Gasteiger partial charge >= 0.3 is 5.97 Å². The molecule has 0 aliphatic carbocycles. The lowest BCUT2D eigenvalue weighted by molar-refractivity contribution is -0.143. The van der Waals surface area contributed by atoms with Crippen LogP contribution < -0.4 is 0 Å². The molecule has 17 heavy (non-hydrogen) atoms. The Balaban J connectivity index is 2.23. The van der Waals surface area contributed by atoms with Crippen LogP contribution in [0.25, 0.3) is 0 Å². The lowest BCUT2D eigenvalue weighted by Gasteiger charge is -2.12. The molecule has 0 saturated carbocycles. The van der Waals surface area contributed by atoms with Crippen molar-refractivity contribution in [3.8, 4) is 0 Å². The van der Waals surface area contributed by atoms with Crippen LogP contribution in [0.5, 0.6) is 0 Å². The third-order valence-electron chi connectivity index (χ3n) is 2.55. The number of ether oxygens (including phenoxy) is 1. The maximum absolute atomic E-state index is 12.0. The molecule has 1 aromatic carbocycles. The smallest absolute Gasteiger partial charge is 0.321 e. The molecular weight excluding hydrogens is 242 g/mol. The fourth-order valence-corrected chi connectivity index (χ4v) is 3.37. The highest BCUT2D eigenvalue weighted by molar-refractivity contribution is 7.89. The van der Waals surface area contributed by atoms with Gasteiger partial charge in [0.2, 0.25) is 10.0 Å². The Hall–Kier alpha value is -1.40. The molecular formula is C11H13NO4S. The van der Waals surface area contributed by atoms with E-state index in [1.165, 1.54) is 0 Å². The van der Waals surface area contributed by atoms with E-state index in [1.54, 1.807) is 31.2 Å². The normalized spacial score (nSPS) is 17.7. The van der Waals surface area contributed by atoms with Crippen LogP contribution >= 0.6 is 0 Å². The van der Waals surface area contributed by atoms with Crippen LogP contribution in [0.4, 0.5) is 0 Å². The van der Waals surface area contributed by atoms with Crippen LogP contribution in [0, 0.1) is 0 Å². The minimum atomic E-state index is -3.53. The van der Waals surface area contributed by atoms with Crippen LogP contribution in [-0.4, -0.2) is 31.8 Å². The number of benzene rings is 1. The molecule has 1 aliphatic rings. The van der Waals surface area contributed by atoms with Crippen molar-refractivity contribution in [2.45, 2.75) is 18.4 Å². The van der Waals surface area contributed by atoms with E-state index in [9.17, 15) is 13.2 Å². The molecule has 2 rings (SSSR count). The lowest BCUT2D eigenvalue weighted by Crippen LogP contribution is -2.31. The van der Waals surface area contributed by atoms with Gasteiger partial charge in [0, 0.05) is 6.54 Å². The summed E-state index contributed by atoms with van der Waals surface area (Å²) in [5, 5.41) is 0. The molecule has 0 atom stereocenters. The molecule has 0 unspecified atom stereocenters. The van der Waals surface area contributed by atoms with Crippen molar-refractivity contribution in [3.63, 3.8) is 0 Å². The van der Waals surface area contributed by atoms with E-state index < -0.39 is 16.0 Å². The molecule has 0 bridgehead atoms. The third kappa shape index (κ3) is 2.18. The Morgan fingerprint density at radius 2 is 2.12 bits per heavy atom. The highest BCUT2D eigenvalue weighted by atomic mass is 32.2. The first-order chi connectivity index (χ1) is 8.05. The van der Waals surface area contributed by atoms with Gasteiger partial charge in [-0.2, -0.15) is 4.31 Å². The first-order valence-electron chi connectivity index (χ1n) is 5.29. The topological polar surface area (TPSA) is 63.7 Å². The molecule has 0 N–H and O–H groups in total. The largest absolute Gasteiger partial charge is 0.465 e. The van der Waals surface area contributed by atoms with Crippen molar-refractivity contribution in [2.75, 3.05) is 13.2 Å². The average molecular weight is 255 g/mol. The molecule has 6 heteroatoms. The Morgan fingerprint density at radius 3 is 2.76 bits per heavy atom. The van der Waals surface area contributed by atoms with E-state index in [0.717, 1.165) is 9.87 Å². The Morgan fingerprint density at radius 1 is 1.41 bits per heavy atom. The van der Waals surface area contributed by atoms with Crippen molar-refractivity contribution in [1.82, 2.24) is 4.31 Å². The minimum Gasteiger partial charge on any atom is -0.465 e. The number of rotatable bonds is 3. The summed E-state index contributed by atoms with van der Waals surface area (Å²) in [6.07, 6.45) is 0. The summed E-state index contributed by atoms with van der Waals surface area (Å²) in [4.78, 5) is 11.6. The van der Waals surface area contributed by atoms with Crippen LogP contribution in [0.3, 0.4) is 0 Å². The quantitative estimate of drug-likeness (QED) is 0.748. The van der Waals surface area contributed by atoms with Crippen LogP contribution in [0.15, 0.2) is 29.2 Å². The van der Waals surface area contributed by atoms with Gasteiger partial charge in [-0.15, -0.1) is 0 Å². The number of carbonyl (C=O) groups excluding carboxylic acids is 1. The van der Waals surface area contributed by atoms with Gasteiger partial charge in [0.25, 0.3) is 0 Å². The predicted molar refractivity (Wildman–Crippen MR) is 60.7 cm³/mol. The summed E-state index contributed by atoms with van der Waals surface area (Å²) in [7, 11) is -3.53. The van der Waals surface area contributed by atoms with Gasteiger partial charge in [-0.05, 0) is 18.6 Å². The highest BCUT2D eigenvalue weighted by Gasteiger charge is 2.35. The number of hydrogen-bond acceptors (Lipinski definition) is 4. The first kappa shape index (κ1) is 12.1. The van der Waals surface area contributed by atoms with E-state index in [4.69, 9.17) is 4.74 Å². The number of nitrogens with zero attached hydrogens (tertiary/aromatic N) is 1. The average Bonchev–Trinajstić information content (AvgIpc) is 2.52. The van der Waals surface area contributed by atoms with Gasteiger partial charge in [0.15, 0.2) is 0 Å². The summed E-state index contributed by atoms with van der Waals surface area (Å²) in [5.74, 6) is -0.524. The number of esters is 1. The van der Waals surface area contributed by atoms with Crippen molar-refractivity contribution < 1.29 is 17.9 Å². The summed E-state index contributed by atoms with van der Waals surface area (Å²) in [5.41, 5.74) is 0.719. The molecule has 0 radical (unpaired) electrons. The van der Waals surface area contributed by atoms with Crippen LogP contribution in [0.1, 0.15) is 12.5 Å². The van der Waals surface area contributed by atoms with Gasteiger partial charge in [0.1, 0.15) is 6.54 Å². The summed E-state index contributed by atoms with van der Waals surface area (Å²) in [6, 6.07) is 6.75. The Labute approximate surface area is 100 Å². The fraction of sp³-hybridized carbons (Fsp3) is 0.364. The van der Waals surface area contributed by atoms with E-state index >= 15 is 0 Å². The number of hydrogen-bond donors (Lipinski definition) is 0. The van der Waals surface area contributed by atoms with Gasteiger partial charge < -0.3 is 4.74 Å². The molecule has 0 amide bonds. The summed E-state index contributed by atoms with van der Waals surface area (Å²) >= 11 is 0. The minimum absolute atomic E-state index is 0.231. The zero-order valence-electron chi connectivity index (χ0n) is 9.42. The fourth-order valence-electron chi connectivity index (χ4n) is 1.79. The molecule has 0 saturated heterocycles. The van der Waals surface area contributed by atoms with E-state index in [0.29, 0.717) is 0 Å². The second-order valence-electron chi connectivity index (χ2n) is 3.69. The van der Waals surface area contributed by atoms with Crippen LogP contribution in [0.2, 0.25) is 0 Å². The zero-order chi connectivity index (χ0) is 12.5. The van der Waals surface area contributed by atoms with E-state index in [2.05, 4.69) is 0 Å². The third-order valence-corrected chi connectivity index (χ3v) is 4.44.